The molecule has 1 aliphatic heterocycles. The maximum Gasteiger partial charge on any atom is 0.109 e. The second-order valence-corrected chi connectivity index (χ2v) is 6.11. The maximum atomic E-state index is 4.44. The van der Waals surface area contributed by atoms with Crippen LogP contribution in [0.3, 0.4) is 0 Å². The molecule has 4 nitrogen and oxygen atoms in total. The summed E-state index contributed by atoms with van der Waals surface area (Å²) in [6, 6.07) is 1.44. The van der Waals surface area contributed by atoms with Crippen molar-refractivity contribution < 1.29 is 0 Å². The number of aryl methyl sites for hydroxylation is 1. The van der Waals surface area contributed by atoms with Crippen LogP contribution in [0.15, 0.2) is 12.4 Å². The molecule has 2 unspecified atom stereocenters. The minimum atomic E-state index is 0.704. The molecule has 1 N–H and O–H groups in total. The van der Waals surface area contributed by atoms with Gasteiger partial charge in [-0.2, -0.15) is 0 Å². The van der Waals surface area contributed by atoms with Crippen LogP contribution in [0.4, 0.5) is 0 Å². The Morgan fingerprint density at radius 2 is 2.26 bits per heavy atom. The van der Waals surface area contributed by atoms with E-state index in [0.29, 0.717) is 6.04 Å². The number of piperazine rings is 1. The summed E-state index contributed by atoms with van der Waals surface area (Å²) >= 11 is 0. The van der Waals surface area contributed by atoms with E-state index in [9.17, 15) is 0 Å². The Morgan fingerprint density at radius 3 is 2.89 bits per heavy atom. The summed E-state index contributed by atoms with van der Waals surface area (Å²) in [4.78, 5) is 7.13. The Labute approximate surface area is 116 Å². The third kappa shape index (κ3) is 3.00. The van der Waals surface area contributed by atoms with Gasteiger partial charge in [0, 0.05) is 57.6 Å². The van der Waals surface area contributed by atoms with Gasteiger partial charge in [0.15, 0.2) is 0 Å². The lowest BCUT2D eigenvalue weighted by molar-refractivity contribution is 0.119. The molecule has 3 rings (SSSR count). The molecule has 2 heterocycles. The highest BCUT2D eigenvalue weighted by atomic mass is 15.2. The van der Waals surface area contributed by atoms with Gasteiger partial charge in [0.05, 0.1) is 0 Å². The van der Waals surface area contributed by atoms with Gasteiger partial charge in [-0.25, -0.2) is 4.98 Å². The van der Waals surface area contributed by atoms with Crippen molar-refractivity contribution in [1.29, 1.82) is 0 Å². The van der Waals surface area contributed by atoms with Gasteiger partial charge < -0.3 is 9.88 Å². The molecule has 106 valence electrons. The molecule has 1 aromatic rings. The highest BCUT2D eigenvalue weighted by Gasteiger charge is 2.36. The standard InChI is InChI=1S/C15H26N4/c1-3-13-10-17-14(12-4-5-12)11-19(13)8-6-15-16-7-9-18(15)2/h7,9,12-14,17H,3-6,8,10-11H2,1-2H3. The first-order valence-electron chi connectivity index (χ1n) is 7.71. The molecular formula is C15H26N4. The lowest BCUT2D eigenvalue weighted by atomic mass is 10.0. The summed E-state index contributed by atoms with van der Waals surface area (Å²) in [5.41, 5.74) is 0. The molecule has 2 fully saturated rings. The van der Waals surface area contributed by atoms with Gasteiger partial charge in [-0.1, -0.05) is 6.92 Å². The molecule has 1 aromatic heterocycles. The quantitative estimate of drug-likeness (QED) is 0.871. The lowest BCUT2D eigenvalue weighted by Crippen LogP contribution is -2.57. The minimum Gasteiger partial charge on any atom is -0.338 e. The zero-order valence-electron chi connectivity index (χ0n) is 12.2. The normalized spacial score (nSPS) is 28.7. The van der Waals surface area contributed by atoms with Crippen molar-refractivity contribution in [2.75, 3.05) is 19.6 Å². The molecular weight excluding hydrogens is 236 g/mol. The molecule has 0 radical (unpaired) electrons. The van der Waals surface area contributed by atoms with Gasteiger partial charge in [-0.15, -0.1) is 0 Å². The van der Waals surface area contributed by atoms with E-state index in [1.165, 1.54) is 31.6 Å². The van der Waals surface area contributed by atoms with Crippen LogP contribution >= 0.6 is 0 Å². The van der Waals surface area contributed by atoms with E-state index in [1.54, 1.807) is 0 Å². The van der Waals surface area contributed by atoms with Gasteiger partial charge in [0.1, 0.15) is 5.82 Å². The largest absolute Gasteiger partial charge is 0.338 e. The second kappa shape index (κ2) is 5.63. The minimum absolute atomic E-state index is 0.704. The first-order valence-corrected chi connectivity index (χ1v) is 7.71. The molecule has 1 aliphatic carbocycles. The summed E-state index contributed by atoms with van der Waals surface area (Å²) in [6.07, 6.45) is 9.11. The Bertz CT molecular complexity index is 410. The van der Waals surface area contributed by atoms with Gasteiger partial charge in [-0.3, -0.25) is 4.90 Å². The Balaban J connectivity index is 1.57. The molecule has 1 saturated carbocycles. The number of aromatic nitrogens is 2. The van der Waals surface area contributed by atoms with E-state index >= 15 is 0 Å². The average Bonchev–Trinajstić information content (AvgIpc) is 3.20. The number of rotatable bonds is 5. The Morgan fingerprint density at radius 1 is 1.42 bits per heavy atom. The topological polar surface area (TPSA) is 33.1 Å². The third-order valence-corrected chi connectivity index (χ3v) is 4.77. The van der Waals surface area contributed by atoms with Crippen molar-refractivity contribution in [3.8, 4) is 0 Å². The summed E-state index contributed by atoms with van der Waals surface area (Å²) in [7, 11) is 2.09. The van der Waals surface area contributed by atoms with Crippen LogP contribution in [0.25, 0.3) is 0 Å². The van der Waals surface area contributed by atoms with Gasteiger partial charge in [-0.05, 0) is 25.2 Å². The monoisotopic (exact) mass is 262 g/mol. The molecule has 0 bridgehead atoms. The van der Waals surface area contributed by atoms with E-state index in [2.05, 4.69) is 33.7 Å². The fraction of sp³-hybridized carbons (Fsp3) is 0.800. The highest BCUT2D eigenvalue weighted by Crippen LogP contribution is 2.34. The van der Waals surface area contributed by atoms with Crippen molar-refractivity contribution in [2.45, 2.75) is 44.7 Å². The van der Waals surface area contributed by atoms with Crippen LogP contribution in [0, 0.1) is 5.92 Å². The SMILES string of the molecule is CCC1CNC(C2CC2)CN1CCc1nccn1C. The molecule has 0 aromatic carbocycles. The van der Waals surface area contributed by atoms with E-state index in [-0.39, 0.29) is 0 Å². The van der Waals surface area contributed by atoms with E-state index in [4.69, 9.17) is 0 Å². The van der Waals surface area contributed by atoms with Crippen LogP contribution in [-0.2, 0) is 13.5 Å². The highest BCUT2D eigenvalue weighted by molar-refractivity contribution is 4.96. The zero-order chi connectivity index (χ0) is 13.2. The van der Waals surface area contributed by atoms with Gasteiger partial charge in [0.2, 0.25) is 0 Å². The molecule has 4 heteroatoms. The number of nitrogens with zero attached hydrogens (tertiary/aromatic N) is 3. The third-order valence-electron chi connectivity index (χ3n) is 4.77. The van der Waals surface area contributed by atoms with Crippen LogP contribution in [-0.4, -0.2) is 46.2 Å². The predicted molar refractivity (Wildman–Crippen MR) is 77.1 cm³/mol. The van der Waals surface area contributed by atoms with Crippen molar-refractivity contribution in [3.05, 3.63) is 18.2 Å². The molecule has 2 aliphatic rings. The summed E-state index contributed by atoms with van der Waals surface area (Å²) in [5.74, 6) is 2.16. The first kappa shape index (κ1) is 13.1. The zero-order valence-corrected chi connectivity index (χ0v) is 12.2. The number of hydrogen-bond acceptors (Lipinski definition) is 3. The Hall–Kier alpha value is -0.870. The Kier molecular flexibility index (Phi) is 3.89. The summed E-state index contributed by atoms with van der Waals surface area (Å²) in [6.45, 7) is 5.84. The van der Waals surface area contributed by atoms with Crippen molar-refractivity contribution in [2.24, 2.45) is 13.0 Å². The molecule has 0 amide bonds. The van der Waals surface area contributed by atoms with E-state index in [1.807, 2.05) is 12.4 Å². The number of hydrogen-bond donors (Lipinski definition) is 1. The number of nitrogens with one attached hydrogen (secondary N) is 1. The molecule has 1 saturated heterocycles. The van der Waals surface area contributed by atoms with Crippen molar-refractivity contribution in [3.63, 3.8) is 0 Å². The van der Waals surface area contributed by atoms with Gasteiger partial charge in [0.25, 0.3) is 0 Å². The molecule has 19 heavy (non-hydrogen) atoms. The van der Waals surface area contributed by atoms with Crippen LogP contribution in [0.2, 0.25) is 0 Å². The second-order valence-electron chi connectivity index (χ2n) is 6.11. The molecule has 2 atom stereocenters. The van der Waals surface area contributed by atoms with Crippen LogP contribution in [0.1, 0.15) is 32.0 Å². The fourth-order valence-corrected chi connectivity index (χ4v) is 3.25. The summed E-state index contributed by atoms with van der Waals surface area (Å²) < 4.78 is 2.14. The van der Waals surface area contributed by atoms with Crippen molar-refractivity contribution in [1.82, 2.24) is 19.8 Å². The van der Waals surface area contributed by atoms with E-state index in [0.717, 1.165) is 31.5 Å². The van der Waals surface area contributed by atoms with Crippen LogP contribution in [0.5, 0.6) is 0 Å². The average molecular weight is 262 g/mol. The van der Waals surface area contributed by atoms with E-state index < -0.39 is 0 Å². The fourth-order valence-electron chi connectivity index (χ4n) is 3.25. The smallest absolute Gasteiger partial charge is 0.109 e. The number of imidazole rings is 1. The van der Waals surface area contributed by atoms with Gasteiger partial charge >= 0.3 is 0 Å². The maximum absolute atomic E-state index is 4.44. The van der Waals surface area contributed by atoms with Crippen LogP contribution < -0.4 is 5.32 Å². The first-order chi connectivity index (χ1) is 9.28. The summed E-state index contributed by atoms with van der Waals surface area (Å²) in [5, 5.41) is 3.75. The lowest BCUT2D eigenvalue weighted by Gasteiger charge is -2.40. The molecule has 0 spiro atoms. The predicted octanol–water partition coefficient (Wildman–Crippen LogP) is 1.42. The van der Waals surface area contributed by atoms with Crippen molar-refractivity contribution >= 4 is 0 Å².